The Morgan fingerprint density at radius 1 is 1.38 bits per heavy atom. The molecule has 2 rings (SSSR count). The number of nitrogens with zero attached hydrogens (tertiary/aromatic N) is 3. The van der Waals surface area contributed by atoms with Crippen molar-refractivity contribution in [1.82, 2.24) is 20.5 Å². The van der Waals surface area contributed by atoms with Gasteiger partial charge in [0.1, 0.15) is 5.01 Å². The van der Waals surface area contributed by atoms with Crippen LogP contribution in [0.25, 0.3) is 0 Å². The van der Waals surface area contributed by atoms with Gasteiger partial charge in [0.25, 0.3) is 0 Å². The second kappa shape index (κ2) is 11.1. The Morgan fingerprint density at radius 2 is 2.15 bits per heavy atom. The van der Waals surface area contributed by atoms with Gasteiger partial charge in [0.2, 0.25) is 5.91 Å². The van der Waals surface area contributed by atoms with Crippen LogP contribution in [0.4, 0.5) is 0 Å². The van der Waals surface area contributed by atoms with Crippen LogP contribution >= 0.6 is 35.3 Å². The second-order valence-electron chi connectivity index (χ2n) is 7.34. The molecule has 148 valence electrons. The maximum Gasteiger partial charge on any atom is 0.222 e. The van der Waals surface area contributed by atoms with Crippen LogP contribution in [0.15, 0.2) is 10.4 Å². The lowest BCUT2D eigenvalue weighted by Gasteiger charge is -2.16. The SMILES string of the molecule is CCNC(=NCc1nc(C(C)(C)C)cs1)NCCCN1CCCC1=O.I. The van der Waals surface area contributed by atoms with Gasteiger partial charge in [-0.2, -0.15) is 0 Å². The minimum absolute atomic E-state index is 0. The van der Waals surface area contributed by atoms with Crippen LogP contribution < -0.4 is 10.6 Å². The molecule has 0 atom stereocenters. The van der Waals surface area contributed by atoms with E-state index >= 15 is 0 Å². The number of thiazole rings is 1. The first-order valence-corrected chi connectivity index (χ1v) is 10.0. The zero-order chi connectivity index (χ0) is 18.3. The molecule has 0 spiro atoms. The quantitative estimate of drug-likeness (QED) is 0.265. The van der Waals surface area contributed by atoms with E-state index in [1.807, 2.05) is 4.90 Å². The molecule has 0 aliphatic carbocycles. The van der Waals surface area contributed by atoms with Gasteiger partial charge in [-0.05, 0) is 19.8 Å². The van der Waals surface area contributed by atoms with Gasteiger partial charge in [0.15, 0.2) is 5.96 Å². The average Bonchev–Trinajstić information content (AvgIpc) is 3.18. The summed E-state index contributed by atoms with van der Waals surface area (Å²) in [4.78, 5) is 22.9. The molecule has 8 heteroatoms. The zero-order valence-electron chi connectivity index (χ0n) is 16.3. The molecule has 0 unspecified atom stereocenters. The second-order valence-corrected chi connectivity index (χ2v) is 8.28. The van der Waals surface area contributed by atoms with Crippen LogP contribution in [-0.2, 0) is 16.8 Å². The van der Waals surface area contributed by atoms with Crippen molar-refractivity contribution in [2.75, 3.05) is 26.2 Å². The Balaban J connectivity index is 0.00000338. The number of hydrogen-bond acceptors (Lipinski definition) is 4. The Bertz CT molecular complexity index is 597. The lowest BCUT2D eigenvalue weighted by molar-refractivity contribution is -0.127. The van der Waals surface area contributed by atoms with E-state index in [1.54, 1.807) is 11.3 Å². The van der Waals surface area contributed by atoms with E-state index in [0.29, 0.717) is 18.9 Å². The first-order valence-electron chi connectivity index (χ1n) is 9.15. The summed E-state index contributed by atoms with van der Waals surface area (Å²) in [5, 5.41) is 9.76. The molecule has 6 nitrogen and oxygen atoms in total. The summed E-state index contributed by atoms with van der Waals surface area (Å²) in [6.45, 7) is 12.5. The van der Waals surface area contributed by atoms with E-state index in [2.05, 4.69) is 53.7 Å². The standard InChI is InChI=1S/C18H31N5OS.HI/c1-5-19-17(20-9-7-11-23-10-6-8-16(23)24)21-12-15-22-14(13-25-15)18(2,3)4;/h13H,5-12H2,1-4H3,(H2,19,20,21);1H. The Kier molecular flexibility index (Phi) is 9.84. The molecule has 0 saturated carbocycles. The number of rotatable bonds is 7. The summed E-state index contributed by atoms with van der Waals surface area (Å²) in [5.74, 6) is 1.10. The summed E-state index contributed by atoms with van der Waals surface area (Å²) in [5.41, 5.74) is 1.20. The number of likely N-dealkylation sites (tertiary alicyclic amines) is 1. The van der Waals surface area contributed by atoms with Gasteiger partial charge in [-0.3, -0.25) is 4.79 Å². The smallest absolute Gasteiger partial charge is 0.222 e. The minimum Gasteiger partial charge on any atom is -0.357 e. The summed E-state index contributed by atoms with van der Waals surface area (Å²) in [7, 11) is 0. The fourth-order valence-electron chi connectivity index (χ4n) is 2.63. The van der Waals surface area contributed by atoms with Crippen LogP contribution in [0.1, 0.15) is 57.7 Å². The van der Waals surface area contributed by atoms with E-state index in [4.69, 9.17) is 0 Å². The lowest BCUT2D eigenvalue weighted by atomic mass is 9.93. The molecule has 2 heterocycles. The van der Waals surface area contributed by atoms with Crippen molar-refractivity contribution >= 4 is 47.2 Å². The van der Waals surface area contributed by atoms with Crippen molar-refractivity contribution in [3.8, 4) is 0 Å². The molecular formula is C18H32IN5OS. The molecule has 1 aromatic heterocycles. The number of carbonyl (C=O) groups excluding carboxylic acids is 1. The first-order chi connectivity index (χ1) is 11.9. The third-order valence-electron chi connectivity index (χ3n) is 4.11. The van der Waals surface area contributed by atoms with E-state index in [1.165, 1.54) is 0 Å². The average molecular weight is 493 g/mol. The van der Waals surface area contributed by atoms with Crippen molar-refractivity contribution in [2.24, 2.45) is 4.99 Å². The summed E-state index contributed by atoms with van der Waals surface area (Å²) >= 11 is 1.66. The van der Waals surface area contributed by atoms with Crippen LogP contribution in [0.5, 0.6) is 0 Å². The van der Waals surface area contributed by atoms with Crippen molar-refractivity contribution in [3.63, 3.8) is 0 Å². The molecule has 2 N–H and O–H groups in total. The number of amides is 1. The molecular weight excluding hydrogens is 461 g/mol. The number of guanidine groups is 1. The van der Waals surface area contributed by atoms with Gasteiger partial charge >= 0.3 is 0 Å². The molecule has 1 fully saturated rings. The largest absolute Gasteiger partial charge is 0.357 e. The molecule has 1 amide bonds. The summed E-state index contributed by atoms with van der Waals surface area (Å²) in [6, 6.07) is 0. The highest BCUT2D eigenvalue weighted by molar-refractivity contribution is 14.0. The number of aromatic nitrogens is 1. The fourth-order valence-corrected chi connectivity index (χ4v) is 3.58. The van der Waals surface area contributed by atoms with Crippen LogP contribution in [0, 0.1) is 0 Å². The third-order valence-corrected chi connectivity index (χ3v) is 4.94. The molecule has 1 aliphatic rings. The topological polar surface area (TPSA) is 69.6 Å². The van der Waals surface area contributed by atoms with Crippen LogP contribution in [-0.4, -0.2) is 47.9 Å². The maximum atomic E-state index is 11.6. The van der Waals surface area contributed by atoms with Crippen molar-refractivity contribution in [3.05, 3.63) is 16.1 Å². The Labute approximate surface area is 178 Å². The predicted molar refractivity (Wildman–Crippen MR) is 119 cm³/mol. The van der Waals surface area contributed by atoms with Crippen LogP contribution in [0.2, 0.25) is 0 Å². The Morgan fingerprint density at radius 3 is 2.73 bits per heavy atom. The normalized spacial score (nSPS) is 15.2. The molecule has 0 radical (unpaired) electrons. The van der Waals surface area contributed by atoms with Gasteiger partial charge in [0.05, 0.1) is 12.2 Å². The maximum absolute atomic E-state index is 11.6. The predicted octanol–water partition coefficient (Wildman–Crippen LogP) is 3.13. The number of halogens is 1. The Hall–Kier alpha value is -0.900. The highest BCUT2D eigenvalue weighted by atomic mass is 127. The molecule has 1 saturated heterocycles. The van der Waals surface area contributed by atoms with Crippen molar-refractivity contribution in [1.29, 1.82) is 0 Å². The lowest BCUT2D eigenvalue weighted by Crippen LogP contribution is -2.39. The van der Waals surface area contributed by atoms with Gasteiger partial charge in [0, 0.05) is 43.4 Å². The number of hydrogen-bond donors (Lipinski definition) is 2. The molecule has 26 heavy (non-hydrogen) atoms. The van der Waals surface area contributed by atoms with Crippen LogP contribution in [0.3, 0.4) is 0 Å². The highest BCUT2D eigenvalue weighted by Crippen LogP contribution is 2.24. The van der Waals surface area contributed by atoms with E-state index in [0.717, 1.165) is 55.7 Å². The molecule has 1 aromatic rings. The molecule has 0 aromatic carbocycles. The summed E-state index contributed by atoms with van der Waals surface area (Å²) < 4.78 is 0. The van der Waals surface area contributed by atoms with E-state index in [-0.39, 0.29) is 29.4 Å². The first kappa shape index (κ1) is 23.1. The fraction of sp³-hybridized carbons (Fsp3) is 0.722. The molecule has 1 aliphatic heterocycles. The zero-order valence-corrected chi connectivity index (χ0v) is 19.4. The van der Waals surface area contributed by atoms with Crippen molar-refractivity contribution in [2.45, 2.75) is 58.9 Å². The minimum atomic E-state index is 0. The van der Waals surface area contributed by atoms with E-state index < -0.39 is 0 Å². The van der Waals surface area contributed by atoms with Crippen molar-refractivity contribution < 1.29 is 4.79 Å². The van der Waals surface area contributed by atoms with Gasteiger partial charge < -0.3 is 15.5 Å². The van der Waals surface area contributed by atoms with Gasteiger partial charge in [-0.1, -0.05) is 20.8 Å². The van der Waals surface area contributed by atoms with Gasteiger partial charge in [-0.25, -0.2) is 9.98 Å². The number of aliphatic imine (C=N–C) groups is 1. The van der Waals surface area contributed by atoms with Gasteiger partial charge in [-0.15, -0.1) is 35.3 Å². The molecule has 0 bridgehead atoms. The number of carbonyl (C=O) groups is 1. The summed E-state index contributed by atoms with van der Waals surface area (Å²) in [6.07, 6.45) is 2.64. The monoisotopic (exact) mass is 493 g/mol. The third kappa shape index (κ3) is 7.38. The highest BCUT2D eigenvalue weighted by Gasteiger charge is 2.19. The van der Waals surface area contributed by atoms with E-state index in [9.17, 15) is 4.79 Å². The number of nitrogens with one attached hydrogen (secondary N) is 2.